The number of nitrogens with one attached hydrogen (secondary N) is 1. The molecule has 0 bridgehead atoms. The molecule has 0 aromatic carbocycles. The summed E-state index contributed by atoms with van der Waals surface area (Å²) in [6.45, 7) is 2.70. The molecule has 1 amide bonds. The number of amides is 1. The van der Waals surface area contributed by atoms with Gasteiger partial charge in [0.1, 0.15) is 0 Å². The van der Waals surface area contributed by atoms with Gasteiger partial charge in [0.2, 0.25) is 5.91 Å². The molecule has 1 aromatic heterocycles. The summed E-state index contributed by atoms with van der Waals surface area (Å²) in [6, 6.07) is 2.25. The number of carbonyl (C=O) groups excluding carboxylic acids is 1. The molecule has 0 saturated heterocycles. The fourth-order valence-corrected chi connectivity index (χ4v) is 3.75. The minimum absolute atomic E-state index is 0.0469. The monoisotopic (exact) mass is 280 g/mol. The van der Waals surface area contributed by atoms with Crippen molar-refractivity contribution in [3.05, 3.63) is 21.9 Å². The SMILES string of the molecule is CCCCC(CN)NC(=O)C1CCCc2sccc21. The standard InChI is InChI=1S/C15H24N2OS/c1-2-3-5-11(10-16)17-15(18)13-6-4-7-14-12(13)8-9-19-14/h8-9,11,13H,2-7,10,16H2,1H3,(H,17,18). The van der Waals surface area contributed by atoms with Gasteiger partial charge in [0, 0.05) is 17.5 Å². The topological polar surface area (TPSA) is 55.1 Å². The molecule has 3 nitrogen and oxygen atoms in total. The first-order valence-electron chi connectivity index (χ1n) is 7.33. The van der Waals surface area contributed by atoms with Crippen LogP contribution in [0, 0.1) is 0 Å². The van der Waals surface area contributed by atoms with E-state index in [1.807, 2.05) is 0 Å². The van der Waals surface area contributed by atoms with Gasteiger partial charge in [0.15, 0.2) is 0 Å². The minimum Gasteiger partial charge on any atom is -0.352 e. The Balaban J connectivity index is 1.97. The molecule has 19 heavy (non-hydrogen) atoms. The summed E-state index contributed by atoms with van der Waals surface area (Å²) in [5.74, 6) is 0.219. The summed E-state index contributed by atoms with van der Waals surface area (Å²) in [5.41, 5.74) is 7.00. The number of nitrogens with two attached hydrogens (primary N) is 1. The molecule has 4 heteroatoms. The fourth-order valence-electron chi connectivity index (χ4n) is 2.76. The van der Waals surface area contributed by atoms with Crippen LogP contribution in [0.15, 0.2) is 11.4 Å². The molecule has 106 valence electrons. The maximum atomic E-state index is 12.4. The molecule has 2 rings (SSSR count). The predicted molar refractivity (Wildman–Crippen MR) is 80.5 cm³/mol. The van der Waals surface area contributed by atoms with Crippen molar-refractivity contribution in [3.63, 3.8) is 0 Å². The Morgan fingerprint density at radius 1 is 1.63 bits per heavy atom. The quantitative estimate of drug-likeness (QED) is 0.842. The van der Waals surface area contributed by atoms with Gasteiger partial charge < -0.3 is 11.1 Å². The van der Waals surface area contributed by atoms with Crippen molar-refractivity contribution < 1.29 is 4.79 Å². The van der Waals surface area contributed by atoms with Crippen LogP contribution in [0.4, 0.5) is 0 Å². The Morgan fingerprint density at radius 3 is 3.21 bits per heavy atom. The highest BCUT2D eigenvalue weighted by molar-refractivity contribution is 7.10. The second kappa shape index (κ2) is 7.06. The van der Waals surface area contributed by atoms with Crippen molar-refractivity contribution in [1.82, 2.24) is 5.32 Å². The lowest BCUT2D eigenvalue weighted by Crippen LogP contribution is -2.42. The summed E-state index contributed by atoms with van der Waals surface area (Å²) >= 11 is 1.78. The molecule has 1 aliphatic rings. The number of aryl methyl sites for hydroxylation is 1. The van der Waals surface area contributed by atoms with Gasteiger partial charge in [-0.05, 0) is 42.7 Å². The van der Waals surface area contributed by atoms with Crippen LogP contribution in [0.1, 0.15) is 55.4 Å². The molecule has 2 atom stereocenters. The molecule has 0 saturated carbocycles. The summed E-state index contributed by atoms with van der Waals surface area (Å²) < 4.78 is 0. The Bertz CT molecular complexity index is 416. The van der Waals surface area contributed by atoms with E-state index in [-0.39, 0.29) is 17.9 Å². The lowest BCUT2D eigenvalue weighted by molar-refractivity contribution is -0.123. The van der Waals surface area contributed by atoms with Gasteiger partial charge in [-0.3, -0.25) is 4.79 Å². The van der Waals surface area contributed by atoms with Gasteiger partial charge >= 0.3 is 0 Å². The third-order valence-electron chi connectivity index (χ3n) is 3.91. The van der Waals surface area contributed by atoms with E-state index in [4.69, 9.17) is 5.73 Å². The van der Waals surface area contributed by atoms with E-state index in [2.05, 4.69) is 23.7 Å². The number of thiophene rings is 1. The van der Waals surface area contributed by atoms with Crippen molar-refractivity contribution in [2.24, 2.45) is 5.73 Å². The zero-order valence-electron chi connectivity index (χ0n) is 11.7. The predicted octanol–water partition coefficient (Wildman–Crippen LogP) is 2.80. The number of carbonyl (C=O) groups is 1. The average Bonchev–Trinajstić information content (AvgIpc) is 2.91. The molecule has 1 aliphatic carbocycles. The first-order chi connectivity index (χ1) is 9.26. The van der Waals surface area contributed by atoms with Crippen LogP contribution in [0.2, 0.25) is 0 Å². The largest absolute Gasteiger partial charge is 0.352 e. The van der Waals surface area contributed by atoms with Crippen molar-refractivity contribution in [3.8, 4) is 0 Å². The van der Waals surface area contributed by atoms with E-state index >= 15 is 0 Å². The van der Waals surface area contributed by atoms with E-state index in [0.29, 0.717) is 6.54 Å². The Labute approximate surface area is 119 Å². The lowest BCUT2D eigenvalue weighted by Gasteiger charge is -2.25. The average molecular weight is 280 g/mol. The molecule has 1 heterocycles. The summed E-state index contributed by atoms with van der Waals surface area (Å²) in [7, 11) is 0. The third-order valence-corrected chi connectivity index (χ3v) is 4.90. The number of unbranched alkanes of at least 4 members (excludes halogenated alkanes) is 1. The zero-order valence-corrected chi connectivity index (χ0v) is 12.5. The molecular weight excluding hydrogens is 256 g/mol. The van der Waals surface area contributed by atoms with Gasteiger partial charge in [-0.15, -0.1) is 11.3 Å². The first kappa shape index (κ1) is 14.5. The van der Waals surface area contributed by atoms with Crippen LogP contribution in [-0.2, 0) is 11.2 Å². The highest BCUT2D eigenvalue weighted by Crippen LogP contribution is 2.35. The van der Waals surface area contributed by atoms with Gasteiger partial charge in [0.05, 0.1) is 5.92 Å². The van der Waals surface area contributed by atoms with Gasteiger partial charge in [0.25, 0.3) is 0 Å². The van der Waals surface area contributed by atoms with E-state index < -0.39 is 0 Å². The molecule has 1 aromatic rings. The maximum absolute atomic E-state index is 12.4. The van der Waals surface area contributed by atoms with Gasteiger partial charge in [-0.1, -0.05) is 19.8 Å². The summed E-state index contributed by atoms with van der Waals surface area (Å²) in [5, 5.41) is 5.25. The van der Waals surface area contributed by atoms with Crippen molar-refractivity contribution in [2.75, 3.05) is 6.54 Å². The third kappa shape index (κ3) is 3.57. The normalized spacial score (nSPS) is 19.8. The van der Waals surface area contributed by atoms with Crippen LogP contribution in [0.25, 0.3) is 0 Å². The number of rotatable bonds is 6. The number of hydrogen-bond acceptors (Lipinski definition) is 3. The van der Waals surface area contributed by atoms with Gasteiger partial charge in [-0.2, -0.15) is 0 Å². The smallest absolute Gasteiger partial charge is 0.227 e. The molecular formula is C15H24N2OS. The summed E-state index contributed by atoms with van der Waals surface area (Å²) in [4.78, 5) is 13.8. The van der Waals surface area contributed by atoms with E-state index in [9.17, 15) is 4.79 Å². The first-order valence-corrected chi connectivity index (χ1v) is 8.21. The minimum atomic E-state index is 0.0469. The van der Waals surface area contributed by atoms with E-state index in [1.54, 1.807) is 11.3 Å². The lowest BCUT2D eigenvalue weighted by atomic mass is 9.87. The highest BCUT2D eigenvalue weighted by Gasteiger charge is 2.28. The maximum Gasteiger partial charge on any atom is 0.227 e. The molecule has 3 N–H and O–H groups in total. The number of hydrogen-bond donors (Lipinski definition) is 2. The Hall–Kier alpha value is -0.870. The second-order valence-corrected chi connectivity index (χ2v) is 6.33. The van der Waals surface area contributed by atoms with Crippen molar-refractivity contribution in [1.29, 1.82) is 0 Å². The fraction of sp³-hybridized carbons (Fsp3) is 0.667. The van der Waals surface area contributed by atoms with Crippen LogP contribution in [0.3, 0.4) is 0 Å². The zero-order chi connectivity index (χ0) is 13.7. The van der Waals surface area contributed by atoms with Crippen molar-refractivity contribution >= 4 is 17.2 Å². The summed E-state index contributed by atoms with van der Waals surface area (Å²) in [6.07, 6.45) is 6.48. The highest BCUT2D eigenvalue weighted by atomic mass is 32.1. The Morgan fingerprint density at radius 2 is 2.47 bits per heavy atom. The van der Waals surface area contributed by atoms with Gasteiger partial charge in [-0.25, -0.2) is 0 Å². The van der Waals surface area contributed by atoms with Crippen molar-refractivity contribution in [2.45, 2.75) is 57.4 Å². The second-order valence-electron chi connectivity index (χ2n) is 5.33. The van der Waals surface area contributed by atoms with Crippen LogP contribution < -0.4 is 11.1 Å². The molecule has 0 aliphatic heterocycles. The molecule has 0 fully saturated rings. The Kier molecular flexibility index (Phi) is 5.40. The van der Waals surface area contributed by atoms with E-state index in [0.717, 1.165) is 38.5 Å². The molecule has 0 radical (unpaired) electrons. The van der Waals surface area contributed by atoms with Crippen LogP contribution >= 0.6 is 11.3 Å². The number of fused-ring (bicyclic) bond motifs is 1. The van der Waals surface area contributed by atoms with Crippen LogP contribution in [-0.4, -0.2) is 18.5 Å². The molecule has 2 unspecified atom stereocenters. The molecule has 0 spiro atoms. The van der Waals surface area contributed by atoms with E-state index in [1.165, 1.54) is 10.4 Å². The van der Waals surface area contributed by atoms with Crippen LogP contribution in [0.5, 0.6) is 0 Å².